The molecule has 0 spiro atoms. The zero-order chi connectivity index (χ0) is 10.3. The Bertz CT molecular complexity index is 407. The van der Waals surface area contributed by atoms with Crippen LogP contribution in [0.2, 0.25) is 5.02 Å². The molecule has 2 rings (SSSR count). The summed E-state index contributed by atoms with van der Waals surface area (Å²) >= 11 is 5.66. The third-order valence-corrected chi connectivity index (χ3v) is 2.37. The van der Waals surface area contributed by atoms with Gasteiger partial charge in [-0.2, -0.15) is 0 Å². The van der Waals surface area contributed by atoms with Crippen LogP contribution in [0.15, 0.2) is 12.1 Å². The molecule has 0 fully saturated rings. The fraction of sp³-hybridized carbons (Fsp3) is 0.250. The van der Waals surface area contributed by atoms with Crippen molar-refractivity contribution in [1.82, 2.24) is 0 Å². The topological polar surface area (TPSA) is 72.6 Å². The van der Waals surface area contributed by atoms with Crippen molar-refractivity contribution in [2.45, 2.75) is 12.9 Å². The van der Waals surface area contributed by atoms with Gasteiger partial charge in [-0.25, -0.2) is 0 Å². The largest absolute Gasteiger partial charge is 0.364 e. The molecule has 1 aromatic carbocycles. The Labute approximate surface area is 84.0 Å². The number of halogens is 1. The van der Waals surface area contributed by atoms with Gasteiger partial charge >= 0.3 is 0 Å². The first kappa shape index (κ1) is 9.39. The quantitative estimate of drug-likeness (QED) is 0.572. The van der Waals surface area contributed by atoms with Gasteiger partial charge in [0.15, 0.2) is 6.29 Å². The first-order valence-corrected chi connectivity index (χ1v) is 4.24. The van der Waals surface area contributed by atoms with Crippen LogP contribution in [-0.4, -0.2) is 10.0 Å². The summed E-state index contributed by atoms with van der Waals surface area (Å²) in [5.74, 6) is 0. The van der Waals surface area contributed by atoms with E-state index in [1.165, 1.54) is 12.1 Å². The highest BCUT2D eigenvalue weighted by molar-refractivity contribution is 6.32. The third-order valence-electron chi connectivity index (χ3n) is 2.07. The molecule has 6 heteroatoms. The number of rotatable bonds is 1. The number of hydrogen-bond donors (Lipinski definition) is 1. The van der Waals surface area contributed by atoms with Gasteiger partial charge in [0, 0.05) is 11.6 Å². The number of fused-ring (bicyclic) bond motifs is 1. The van der Waals surface area contributed by atoms with E-state index in [-0.39, 0.29) is 17.3 Å². The highest BCUT2D eigenvalue weighted by Gasteiger charge is 2.25. The number of nitrogens with zero attached hydrogens (tertiary/aromatic N) is 1. The molecule has 74 valence electrons. The number of nitro benzene ring substituents is 1. The molecule has 0 aromatic heterocycles. The van der Waals surface area contributed by atoms with Crippen molar-refractivity contribution in [3.05, 3.63) is 38.4 Å². The van der Waals surface area contributed by atoms with E-state index in [0.717, 1.165) is 0 Å². The van der Waals surface area contributed by atoms with Gasteiger partial charge in [0.2, 0.25) is 0 Å². The molecule has 0 bridgehead atoms. The summed E-state index contributed by atoms with van der Waals surface area (Å²) in [4.78, 5) is 9.96. The molecule has 0 radical (unpaired) electrons. The molecule has 14 heavy (non-hydrogen) atoms. The van der Waals surface area contributed by atoms with Crippen LogP contribution in [0.1, 0.15) is 17.4 Å². The molecule has 1 heterocycles. The highest BCUT2D eigenvalue weighted by Crippen LogP contribution is 2.35. The Balaban J connectivity index is 2.55. The van der Waals surface area contributed by atoms with Crippen molar-refractivity contribution < 1.29 is 14.8 Å². The summed E-state index contributed by atoms with van der Waals surface area (Å²) < 4.78 is 4.89. The van der Waals surface area contributed by atoms with Crippen molar-refractivity contribution in [3.63, 3.8) is 0 Å². The minimum atomic E-state index is -1.02. The van der Waals surface area contributed by atoms with Gasteiger partial charge in [0.05, 0.1) is 11.5 Å². The van der Waals surface area contributed by atoms with Crippen molar-refractivity contribution >= 4 is 17.3 Å². The van der Waals surface area contributed by atoms with E-state index in [9.17, 15) is 15.2 Å². The second-order valence-electron chi connectivity index (χ2n) is 2.92. The van der Waals surface area contributed by atoms with Crippen LogP contribution in [0.3, 0.4) is 0 Å². The minimum absolute atomic E-state index is 0.0123. The predicted octanol–water partition coefficient (Wildman–Crippen LogP) is 1.77. The van der Waals surface area contributed by atoms with Crippen LogP contribution >= 0.6 is 11.6 Å². The van der Waals surface area contributed by atoms with E-state index in [0.29, 0.717) is 11.1 Å². The molecule has 1 aliphatic rings. The van der Waals surface area contributed by atoms with Gasteiger partial charge < -0.3 is 9.84 Å². The minimum Gasteiger partial charge on any atom is -0.364 e. The van der Waals surface area contributed by atoms with E-state index in [1.807, 2.05) is 0 Å². The lowest BCUT2D eigenvalue weighted by molar-refractivity contribution is -0.384. The molecule has 0 aliphatic carbocycles. The Hall–Kier alpha value is -1.17. The summed E-state index contributed by atoms with van der Waals surface area (Å²) in [5.41, 5.74) is 0.942. The highest BCUT2D eigenvalue weighted by atomic mass is 35.5. The van der Waals surface area contributed by atoms with Crippen LogP contribution in [0, 0.1) is 10.1 Å². The number of aliphatic hydroxyl groups is 1. The lowest BCUT2D eigenvalue weighted by Crippen LogP contribution is -1.95. The van der Waals surface area contributed by atoms with Gasteiger partial charge in [-0.3, -0.25) is 10.1 Å². The molecule has 0 saturated heterocycles. The van der Waals surface area contributed by atoms with Gasteiger partial charge in [-0.15, -0.1) is 0 Å². The number of nitro groups is 1. The maximum atomic E-state index is 10.5. The standard InChI is InChI=1S/C8H6ClNO4/c9-6-2-5-4(3-14-8(5)11)1-7(6)10(12)13/h1-2,8,11H,3H2. The van der Waals surface area contributed by atoms with Crippen LogP contribution in [-0.2, 0) is 11.3 Å². The van der Waals surface area contributed by atoms with Crippen molar-refractivity contribution in [2.75, 3.05) is 0 Å². The summed E-state index contributed by atoms with van der Waals surface area (Å²) in [6, 6.07) is 2.70. The lowest BCUT2D eigenvalue weighted by Gasteiger charge is -2.02. The Morgan fingerprint density at radius 1 is 1.64 bits per heavy atom. The summed E-state index contributed by atoms with van der Waals surface area (Å²) in [5, 5.41) is 19.8. The first-order valence-electron chi connectivity index (χ1n) is 3.86. The van der Waals surface area contributed by atoms with E-state index < -0.39 is 11.2 Å². The Morgan fingerprint density at radius 2 is 2.36 bits per heavy atom. The maximum absolute atomic E-state index is 10.5. The van der Waals surface area contributed by atoms with E-state index in [1.54, 1.807) is 0 Å². The molecule has 1 aliphatic heterocycles. The average molecular weight is 216 g/mol. The summed E-state index contributed by atoms with van der Waals surface area (Å²) in [6.07, 6.45) is -1.02. The second kappa shape index (κ2) is 3.20. The van der Waals surface area contributed by atoms with Gasteiger partial charge in [0.25, 0.3) is 5.69 Å². The van der Waals surface area contributed by atoms with Gasteiger partial charge in [-0.05, 0) is 11.6 Å². The molecule has 5 nitrogen and oxygen atoms in total. The van der Waals surface area contributed by atoms with Crippen molar-refractivity contribution in [2.24, 2.45) is 0 Å². The van der Waals surface area contributed by atoms with Gasteiger partial charge in [0.1, 0.15) is 5.02 Å². The fourth-order valence-electron chi connectivity index (χ4n) is 1.37. The summed E-state index contributed by atoms with van der Waals surface area (Å²) in [6.45, 7) is 0.175. The number of benzene rings is 1. The lowest BCUT2D eigenvalue weighted by atomic mass is 10.1. The molecule has 1 N–H and O–H groups in total. The second-order valence-corrected chi connectivity index (χ2v) is 3.33. The SMILES string of the molecule is O=[N+]([O-])c1cc2c(cc1Cl)C(O)OC2. The molecule has 0 amide bonds. The van der Waals surface area contributed by atoms with Crippen LogP contribution in [0.5, 0.6) is 0 Å². The summed E-state index contributed by atoms with van der Waals surface area (Å²) in [7, 11) is 0. The van der Waals surface area contributed by atoms with Crippen molar-refractivity contribution in [3.8, 4) is 0 Å². The molecule has 1 unspecified atom stereocenters. The van der Waals surface area contributed by atoms with Crippen LogP contribution < -0.4 is 0 Å². The first-order chi connectivity index (χ1) is 6.59. The molecule has 1 atom stereocenters. The normalized spacial score (nSPS) is 19.4. The number of ether oxygens (including phenoxy) is 1. The number of aliphatic hydroxyl groups excluding tert-OH is 1. The van der Waals surface area contributed by atoms with E-state index in [2.05, 4.69) is 0 Å². The maximum Gasteiger partial charge on any atom is 0.288 e. The smallest absolute Gasteiger partial charge is 0.288 e. The van der Waals surface area contributed by atoms with E-state index in [4.69, 9.17) is 16.3 Å². The van der Waals surface area contributed by atoms with Crippen molar-refractivity contribution in [1.29, 1.82) is 0 Å². The zero-order valence-electron chi connectivity index (χ0n) is 6.94. The Morgan fingerprint density at radius 3 is 3.00 bits per heavy atom. The van der Waals surface area contributed by atoms with Crippen LogP contribution in [0.25, 0.3) is 0 Å². The monoisotopic (exact) mass is 215 g/mol. The average Bonchev–Trinajstić information content (AvgIpc) is 2.46. The Kier molecular flexibility index (Phi) is 2.14. The van der Waals surface area contributed by atoms with Crippen LogP contribution in [0.4, 0.5) is 5.69 Å². The zero-order valence-corrected chi connectivity index (χ0v) is 7.69. The molecular formula is C8H6ClNO4. The molecule has 1 aromatic rings. The number of hydrogen-bond acceptors (Lipinski definition) is 4. The molecular weight excluding hydrogens is 210 g/mol. The fourth-order valence-corrected chi connectivity index (χ4v) is 1.61. The molecule has 0 saturated carbocycles. The third kappa shape index (κ3) is 1.35. The predicted molar refractivity (Wildman–Crippen MR) is 47.9 cm³/mol. The van der Waals surface area contributed by atoms with Gasteiger partial charge in [-0.1, -0.05) is 11.6 Å². The van der Waals surface area contributed by atoms with E-state index >= 15 is 0 Å².